The molecule has 8 heteroatoms. The molecule has 1 aromatic heterocycles. The average molecular weight is 345 g/mol. The van der Waals surface area contributed by atoms with E-state index < -0.39 is 4.92 Å². The summed E-state index contributed by atoms with van der Waals surface area (Å²) in [5.74, 6) is -0.0491. The molecular formula is C17H23N5O3. The van der Waals surface area contributed by atoms with Gasteiger partial charge in [-0.05, 0) is 31.9 Å². The van der Waals surface area contributed by atoms with Crippen LogP contribution in [0.2, 0.25) is 0 Å². The average Bonchev–Trinajstić information content (AvgIpc) is 2.82. The SMILES string of the molecule is Cc1nn(C)c(C)c1CCC(=O)NCCNc1ccccc1[N+](=O)[O-]. The summed E-state index contributed by atoms with van der Waals surface area (Å²) in [5.41, 5.74) is 3.60. The zero-order valence-electron chi connectivity index (χ0n) is 14.7. The van der Waals surface area contributed by atoms with Crippen molar-refractivity contribution in [2.24, 2.45) is 7.05 Å². The fourth-order valence-electron chi connectivity index (χ4n) is 2.69. The summed E-state index contributed by atoms with van der Waals surface area (Å²) in [6.07, 6.45) is 1.04. The number of hydrogen-bond donors (Lipinski definition) is 2. The number of anilines is 1. The second kappa shape index (κ2) is 8.27. The van der Waals surface area contributed by atoms with E-state index in [1.807, 2.05) is 25.6 Å². The molecule has 0 unspecified atom stereocenters. The molecule has 1 heterocycles. The largest absolute Gasteiger partial charge is 0.378 e. The highest BCUT2D eigenvalue weighted by Gasteiger charge is 2.12. The quantitative estimate of drug-likeness (QED) is 0.433. The molecule has 0 spiro atoms. The Labute approximate surface area is 146 Å². The van der Waals surface area contributed by atoms with Crippen molar-refractivity contribution in [3.63, 3.8) is 0 Å². The topological polar surface area (TPSA) is 102 Å². The Bertz CT molecular complexity index is 770. The molecule has 0 fully saturated rings. The van der Waals surface area contributed by atoms with E-state index in [0.29, 0.717) is 31.6 Å². The third kappa shape index (κ3) is 4.79. The van der Waals surface area contributed by atoms with Crippen LogP contribution in [-0.4, -0.2) is 33.7 Å². The number of aryl methyl sites for hydroxylation is 2. The monoisotopic (exact) mass is 345 g/mol. The molecule has 0 aliphatic carbocycles. The number of benzene rings is 1. The Balaban J connectivity index is 1.75. The third-order valence-electron chi connectivity index (χ3n) is 4.12. The third-order valence-corrected chi connectivity index (χ3v) is 4.12. The molecule has 2 N–H and O–H groups in total. The van der Waals surface area contributed by atoms with E-state index in [2.05, 4.69) is 15.7 Å². The highest BCUT2D eigenvalue weighted by atomic mass is 16.6. The van der Waals surface area contributed by atoms with Crippen LogP contribution in [0.25, 0.3) is 0 Å². The fourth-order valence-corrected chi connectivity index (χ4v) is 2.69. The second-order valence-electron chi connectivity index (χ2n) is 5.82. The smallest absolute Gasteiger partial charge is 0.292 e. The normalized spacial score (nSPS) is 10.5. The minimum absolute atomic E-state index is 0.0244. The van der Waals surface area contributed by atoms with E-state index in [-0.39, 0.29) is 11.6 Å². The summed E-state index contributed by atoms with van der Waals surface area (Å²) in [6.45, 7) is 4.75. The minimum atomic E-state index is -0.431. The lowest BCUT2D eigenvalue weighted by molar-refractivity contribution is -0.384. The molecule has 134 valence electrons. The molecule has 0 saturated carbocycles. The molecule has 2 aromatic rings. The minimum Gasteiger partial charge on any atom is -0.378 e. The van der Waals surface area contributed by atoms with Gasteiger partial charge in [-0.1, -0.05) is 12.1 Å². The maximum absolute atomic E-state index is 12.0. The van der Waals surface area contributed by atoms with Gasteiger partial charge in [-0.3, -0.25) is 19.6 Å². The van der Waals surface area contributed by atoms with Gasteiger partial charge in [0.15, 0.2) is 0 Å². The second-order valence-corrected chi connectivity index (χ2v) is 5.82. The molecule has 2 rings (SSSR count). The maximum atomic E-state index is 12.0. The van der Waals surface area contributed by atoms with Crippen molar-refractivity contribution in [2.45, 2.75) is 26.7 Å². The van der Waals surface area contributed by atoms with Gasteiger partial charge in [0.2, 0.25) is 5.91 Å². The highest BCUT2D eigenvalue weighted by Crippen LogP contribution is 2.22. The molecule has 0 aliphatic rings. The van der Waals surface area contributed by atoms with Crippen molar-refractivity contribution in [1.82, 2.24) is 15.1 Å². The number of rotatable bonds is 8. The van der Waals surface area contributed by atoms with Gasteiger partial charge in [0, 0.05) is 38.3 Å². The molecule has 0 bridgehead atoms. The van der Waals surface area contributed by atoms with Crippen LogP contribution in [0.3, 0.4) is 0 Å². The Kier molecular flexibility index (Phi) is 6.10. The number of nitrogens with zero attached hydrogens (tertiary/aromatic N) is 3. The Morgan fingerprint density at radius 3 is 2.64 bits per heavy atom. The van der Waals surface area contributed by atoms with Gasteiger partial charge in [0.05, 0.1) is 10.6 Å². The molecule has 0 radical (unpaired) electrons. The van der Waals surface area contributed by atoms with Gasteiger partial charge in [-0.25, -0.2) is 0 Å². The number of amides is 1. The highest BCUT2D eigenvalue weighted by molar-refractivity contribution is 5.76. The summed E-state index contributed by atoms with van der Waals surface area (Å²) >= 11 is 0. The molecule has 0 atom stereocenters. The number of nitro groups is 1. The summed E-state index contributed by atoms with van der Waals surface area (Å²) in [7, 11) is 1.89. The predicted molar refractivity (Wildman–Crippen MR) is 95.6 cm³/mol. The molecular weight excluding hydrogens is 322 g/mol. The van der Waals surface area contributed by atoms with Gasteiger partial charge < -0.3 is 10.6 Å². The molecule has 0 saturated heterocycles. The van der Waals surface area contributed by atoms with Crippen LogP contribution in [-0.2, 0) is 18.3 Å². The van der Waals surface area contributed by atoms with Crippen LogP contribution in [0.1, 0.15) is 23.4 Å². The molecule has 8 nitrogen and oxygen atoms in total. The molecule has 25 heavy (non-hydrogen) atoms. The van der Waals surface area contributed by atoms with Crippen LogP contribution >= 0.6 is 0 Å². The van der Waals surface area contributed by atoms with Crippen molar-refractivity contribution in [3.05, 3.63) is 51.3 Å². The van der Waals surface area contributed by atoms with Gasteiger partial charge in [0.1, 0.15) is 5.69 Å². The van der Waals surface area contributed by atoms with E-state index in [1.165, 1.54) is 6.07 Å². The van der Waals surface area contributed by atoms with Gasteiger partial charge in [-0.2, -0.15) is 5.10 Å². The van der Waals surface area contributed by atoms with E-state index in [0.717, 1.165) is 17.0 Å². The number of carbonyl (C=O) groups excluding carboxylic acids is 1. The van der Waals surface area contributed by atoms with Crippen molar-refractivity contribution < 1.29 is 9.72 Å². The number of carbonyl (C=O) groups is 1. The first-order valence-corrected chi connectivity index (χ1v) is 8.13. The number of nitro benzene ring substituents is 1. The van der Waals surface area contributed by atoms with Crippen molar-refractivity contribution in [3.8, 4) is 0 Å². The van der Waals surface area contributed by atoms with E-state index in [1.54, 1.807) is 18.2 Å². The van der Waals surface area contributed by atoms with Crippen molar-refractivity contribution in [1.29, 1.82) is 0 Å². The van der Waals surface area contributed by atoms with Gasteiger partial charge >= 0.3 is 0 Å². The van der Waals surface area contributed by atoms with Crippen LogP contribution in [0.5, 0.6) is 0 Å². The summed E-state index contributed by atoms with van der Waals surface area (Å²) in [6, 6.07) is 6.44. The first-order chi connectivity index (χ1) is 11.9. The van der Waals surface area contributed by atoms with Crippen molar-refractivity contribution >= 4 is 17.3 Å². The number of aromatic nitrogens is 2. The van der Waals surface area contributed by atoms with E-state index in [9.17, 15) is 14.9 Å². The number of para-hydroxylation sites is 2. The first kappa shape index (κ1) is 18.4. The lowest BCUT2D eigenvalue weighted by atomic mass is 10.1. The summed E-state index contributed by atoms with van der Waals surface area (Å²) in [5, 5.41) is 21.1. The van der Waals surface area contributed by atoms with E-state index in [4.69, 9.17) is 0 Å². The number of nitrogens with one attached hydrogen (secondary N) is 2. The van der Waals surface area contributed by atoms with Crippen LogP contribution in [0.15, 0.2) is 24.3 Å². The zero-order chi connectivity index (χ0) is 18.4. The Morgan fingerprint density at radius 2 is 2.00 bits per heavy atom. The number of hydrogen-bond acceptors (Lipinski definition) is 5. The lowest BCUT2D eigenvalue weighted by Crippen LogP contribution is -2.29. The van der Waals surface area contributed by atoms with Crippen LogP contribution in [0.4, 0.5) is 11.4 Å². The first-order valence-electron chi connectivity index (χ1n) is 8.13. The molecule has 1 aromatic carbocycles. The van der Waals surface area contributed by atoms with Crippen molar-refractivity contribution in [2.75, 3.05) is 18.4 Å². The predicted octanol–water partition coefficient (Wildman–Crippen LogP) is 2.11. The maximum Gasteiger partial charge on any atom is 0.292 e. The Hall–Kier alpha value is -2.90. The van der Waals surface area contributed by atoms with Gasteiger partial charge in [0.25, 0.3) is 5.69 Å². The standard InChI is InChI=1S/C17H23N5O3/c1-12-14(13(2)21(3)20-12)8-9-17(23)19-11-10-18-15-6-4-5-7-16(15)22(24)25/h4-7,18H,8-11H2,1-3H3,(H,19,23). The lowest BCUT2D eigenvalue weighted by Gasteiger charge is -2.08. The van der Waals surface area contributed by atoms with E-state index >= 15 is 0 Å². The fraction of sp³-hybridized carbons (Fsp3) is 0.412. The van der Waals surface area contributed by atoms with Crippen LogP contribution < -0.4 is 10.6 Å². The zero-order valence-corrected chi connectivity index (χ0v) is 14.7. The Morgan fingerprint density at radius 1 is 1.28 bits per heavy atom. The molecule has 0 aliphatic heterocycles. The van der Waals surface area contributed by atoms with Gasteiger partial charge in [-0.15, -0.1) is 0 Å². The van der Waals surface area contributed by atoms with Crippen LogP contribution in [0, 0.1) is 24.0 Å². The summed E-state index contributed by atoms with van der Waals surface area (Å²) in [4.78, 5) is 22.5. The summed E-state index contributed by atoms with van der Waals surface area (Å²) < 4.78 is 1.82. The molecule has 1 amide bonds.